The summed E-state index contributed by atoms with van der Waals surface area (Å²) in [4.78, 5) is 4.34. The number of rotatable bonds is 7. The van der Waals surface area contributed by atoms with Crippen LogP contribution in [-0.4, -0.2) is 29.8 Å². The molecule has 0 bridgehead atoms. The van der Waals surface area contributed by atoms with Crippen LogP contribution in [0.3, 0.4) is 0 Å². The van der Waals surface area contributed by atoms with Crippen molar-refractivity contribution >= 4 is 16.6 Å². The van der Waals surface area contributed by atoms with Gasteiger partial charge in [0.05, 0.1) is 0 Å². The third-order valence-corrected chi connectivity index (χ3v) is 3.56. The summed E-state index contributed by atoms with van der Waals surface area (Å²) in [6.45, 7) is 2.53. The van der Waals surface area contributed by atoms with Gasteiger partial charge >= 0.3 is 0 Å². The molecular weight excluding hydrogens is 252 g/mol. The Morgan fingerprint density at radius 2 is 2.20 bits per heavy atom. The third-order valence-electron chi connectivity index (χ3n) is 3.56. The Kier molecular flexibility index (Phi) is 4.02. The summed E-state index contributed by atoms with van der Waals surface area (Å²) in [5, 5.41) is 14.9. The molecule has 1 aliphatic rings. The SMILES string of the molecule is Oc1ccc2ccnc(NCCCOCC3CC3)c2c1. The first-order valence-electron chi connectivity index (χ1n) is 7.22. The van der Waals surface area contributed by atoms with Crippen LogP contribution in [0.5, 0.6) is 5.75 Å². The van der Waals surface area contributed by atoms with E-state index >= 15 is 0 Å². The molecule has 0 radical (unpaired) electrons. The predicted octanol–water partition coefficient (Wildman–Crippen LogP) is 3.17. The Morgan fingerprint density at radius 3 is 3.05 bits per heavy atom. The molecule has 1 fully saturated rings. The Morgan fingerprint density at radius 1 is 1.30 bits per heavy atom. The maximum atomic E-state index is 9.58. The molecule has 2 aromatic rings. The van der Waals surface area contributed by atoms with Gasteiger partial charge in [0, 0.05) is 31.3 Å². The van der Waals surface area contributed by atoms with Crippen LogP contribution < -0.4 is 5.32 Å². The molecule has 4 nitrogen and oxygen atoms in total. The lowest BCUT2D eigenvalue weighted by Gasteiger charge is -2.09. The summed E-state index contributed by atoms with van der Waals surface area (Å²) in [5.41, 5.74) is 0. The number of phenolic OH excluding ortho intramolecular Hbond substituents is 1. The smallest absolute Gasteiger partial charge is 0.133 e. The molecule has 3 rings (SSSR count). The van der Waals surface area contributed by atoms with E-state index in [0.29, 0.717) is 0 Å². The van der Waals surface area contributed by atoms with E-state index in [1.54, 1.807) is 18.3 Å². The standard InChI is InChI=1S/C16H20N2O2/c19-14-5-4-13-6-8-18-16(15(13)10-14)17-7-1-9-20-11-12-2-3-12/h4-6,8,10,12,19H,1-3,7,9,11H2,(H,17,18). The van der Waals surface area contributed by atoms with Crippen LogP contribution in [0, 0.1) is 5.92 Å². The molecule has 1 aliphatic carbocycles. The van der Waals surface area contributed by atoms with Crippen molar-refractivity contribution in [2.45, 2.75) is 19.3 Å². The van der Waals surface area contributed by atoms with Gasteiger partial charge in [-0.05, 0) is 48.8 Å². The van der Waals surface area contributed by atoms with Crippen LogP contribution in [-0.2, 0) is 4.74 Å². The Balaban J connectivity index is 1.52. The average molecular weight is 272 g/mol. The van der Waals surface area contributed by atoms with Crippen LogP contribution in [0.1, 0.15) is 19.3 Å². The number of nitrogens with zero attached hydrogens (tertiary/aromatic N) is 1. The number of phenols is 1. The molecule has 1 heterocycles. The molecule has 106 valence electrons. The topological polar surface area (TPSA) is 54.4 Å². The molecule has 1 aromatic heterocycles. The number of aromatic nitrogens is 1. The minimum Gasteiger partial charge on any atom is -0.508 e. The third kappa shape index (κ3) is 3.39. The quantitative estimate of drug-likeness (QED) is 0.760. The number of fused-ring (bicyclic) bond motifs is 1. The Labute approximate surface area is 118 Å². The normalized spacial score (nSPS) is 14.6. The summed E-state index contributed by atoms with van der Waals surface area (Å²) in [5.74, 6) is 1.91. The van der Waals surface area contributed by atoms with Crippen molar-refractivity contribution in [2.24, 2.45) is 5.92 Å². The van der Waals surface area contributed by atoms with Gasteiger partial charge in [-0.15, -0.1) is 0 Å². The minimum absolute atomic E-state index is 0.265. The summed E-state index contributed by atoms with van der Waals surface area (Å²) in [7, 11) is 0. The number of aromatic hydroxyl groups is 1. The van der Waals surface area contributed by atoms with Crippen molar-refractivity contribution in [3.63, 3.8) is 0 Å². The van der Waals surface area contributed by atoms with E-state index in [2.05, 4.69) is 10.3 Å². The lowest BCUT2D eigenvalue weighted by Crippen LogP contribution is -2.08. The van der Waals surface area contributed by atoms with Gasteiger partial charge < -0.3 is 15.2 Å². The van der Waals surface area contributed by atoms with Crippen LogP contribution in [0.4, 0.5) is 5.82 Å². The number of ether oxygens (including phenoxy) is 1. The largest absolute Gasteiger partial charge is 0.508 e. The fourth-order valence-corrected chi connectivity index (χ4v) is 2.21. The van der Waals surface area contributed by atoms with Crippen LogP contribution in [0.2, 0.25) is 0 Å². The highest BCUT2D eigenvalue weighted by Gasteiger charge is 2.20. The summed E-state index contributed by atoms with van der Waals surface area (Å²) >= 11 is 0. The lowest BCUT2D eigenvalue weighted by atomic mass is 10.1. The van der Waals surface area contributed by atoms with Crippen molar-refractivity contribution in [1.29, 1.82) is 0 Å². The molecule has 2 N–H and O–H groups in total. The zero-order chi connectivity index (χ0) is 13.8. The highest BCUT2D eigenvalue weighted by molar-refractivity contribution is 5.92. The molecule has 20 heavy (non-hydrogen) atoms. The molecule has 0 unspecified atom stereocenters. The molecule has 0 atom stereocenters. The Hall–Kier alpha value is -1.81. The highest BCUT2D eigenvalue weighted by atomic mass is 16.5. The van der Waals surface area contributed by atoms with Gasteiger partial charge in [-0.3, -0.25) is 0 Å². The van der Waals surface area contributed by atoms with Gasteiger partial charge in [0.15, 0.2) is 0 Å². The number of benzene rings is 1. The molecule has 1 saturated carbocycles. The van der Waals surface area contributed by atoms with E-state index in [9.17, 15) is 5.11 Å². The Bertz CT molecular complexity index is 582. The number of hydrogen-bond acceptors (Lipinski definition) is 4. The zero-order valence-electron chi connectivity index (χ0n) is 11.5. The monoisotopic (exact) mass is 272 g/mol. The van der Waals surface area contributed by atoms with E-state index in [-0.39, 0.29) is 5.75 Å². The molecule has 0 amide bonds. The maximum absolute atomic E-state index is 9.58. The molecule has 4 heteroatoms. The lowest BCUT2D eigenvalue weighted by molar-refractivity contribution is 0.124. The van der Waals surface area contributed by atoms with Gasteiger partial charge in [0.2, 0.25) is 0 Å². The first-order chi connectivity index (χ1) is 9.83. The number of hydrogen-bond donors (Lipinski definition) is 2. The molecule has 1 aromatic carbocycles. The average Bonchev–Trinajstić information content (AvgIpc) is 3.27. The van der Waals surface area contributed by atoms with Crippen molar-refractivity contribution < 1.29 is 9.84 Å². The molecule has 0 aliphatic heterocycles. The van der Waals surface area contributed by atoms with Gasteiger partial charge in [0.1, 0.15) is 11.6 Å². The van der Waals surface area contributed by atoms with Crippen molar-refractivity contribution in [1.82, 2.24) is 4.98 Å². The van der Waals surface area contributed by atoms with Crippen LogP contribution in [0.15, 0.2) is 30.5 Å². The second-order valence-corrected chi connectivity index (χ2v) is 5.36. The molecule has 0 spiro atoms. The molecular formula is C16H20N2O2. The van der Waals surface area contributed by atoms with Crippen molar-refractivity contribution in [3.8, 4) is 5.75 Å². The second kappa shape index (κ2) is 6.09. The zero-order valence-corrected chi connectivity index (χ0v) is 11.5. The maximum Gasteiger partial charge on any atom is 0.133 e. The van der Waals surface area contributed by atoms with Gasteiger partial charge in [-0.1, -0.05) is 6.07 Å². The summed E-state index contributed by atoms with van der Waals surface area (Å²) in [6.07, 6.45) is 5.41. The number of pyridine rings is 1. The van der Waals surface area contributed by atoms with Crippen LogP contribution >= 0.6 is 0 Å². The minimum atomic E-state index is 0.265. The van der Waals surface area contributed by atoms with Gasteiger partial charge in [-0.25, -0.2) is 4.98 Å². The second-order valence-electron chi connectivity index (χ2n) is 5.36. The van der Waals surface area contributed by atoms with E-state index in [1.807, 2.05) is 12.1 Å². The van der Waals surface area contributed by atoms with E-state index in [4.69, 9.17) is 4.74 Å². The van der Waals surface area contributed by atoms with E-state index < -0.39 is 0 Å². The van der Waals surface area contributed by atoms with Crippen molar-refractivity contribution in [3.05, 3.63) is 30.5 Å². The van der Waals surface area contributed by atoms with E-state index in [0.717, 1.165) is 48.7 Å². The number of anilines is 1. The predicted molar refractivity (Wildman–Crippen MR) is 80.1 cm³/mol. The molecule has 0 saturated heterocycles. The fraction of sp³-hybridized carbons (Fsp3) is 0.438. The fourth-order valence-electron chi connectivity index (χ4n) is 2.21. The van der Waals surface area contributed by atoms with Gasteiger partial charge in [0.25, 0.3) is 0 Å². The first-order valence-corrected chi connectivity index (χ1v) is 7.22. The summed E-state index contributed by atoms with van der Waals surface area (Å²) in [6, 6.07) is 7.28. The van der Waals surface area contributed by atoms with Crippen LogP contribution in [0.25, 0.3) is 10.8 Å². The van der Waals surface area contributed by atoms with Crippen molar-refractivity contribution in [2.75, 3.05) is 25.1 Å². The summed E-state index contributed by atoms with van der Waals surface area (Å²) < 4.78 is 5.60. The van der Waals surface area contributed by atoms with Gasteiger partial charge in [-0.2, -0.15) is 0 Å². The number of nitrogens with one attached hydrogen (secondary N) is 1. The first kappa shape index (κ1) is 13.2. The van der Waals surface area contributed by atoms with E-state index in [1.165, 1.54) is 12.8 Å². The highest BCUT2D eigenvalue weighted by Crippen LogP contribution is 2.28.